The van der Waals surface area contributed by atoms with Gasteiger partial charge in [-0.3, -0.25) is 13.9 Å². The largest absolute Gasteiger partial charge is 0.456 e. The molecule has 1 amide bonds. The van der Waals surface area contributed by atoms with Crippen LogP contribution < -0.4 is 14.5 Å². The molecule has 4 heterocycles. The fraction of sp³-hybridized carbons (Fsp3) is 0.361. The SMILES string of the molecule is CN1c2cc3c(cc2C(CS(=O)(=O)O)=CC1(C)C)C1(c2cc4c(cc2O3)N(C)C(C)(C)C=C4CS(=O)(=O)O)c2ccccc2C(=O)N1CCO. The number of ether oxygens (including phenoxy) is 1. The van der Waals surface area contributed by atoms with E-state index >= 15 is 0 Å². The number of amides is 1. The maximum Gasteiger partial charge on any atom is 0.269 e. The summed E-state index contributed by atoms with van der Waals surface area (Å²) in [5.41, 5.74) is 2.33. The van der Waals surface area contributed by atoms with Gasteiger partial charge in [-0.15, -0.1) is 0 Å². The van der Waals surface area contributed by atoms with E-state index < -0.39 is 48.4 Å². The lowest BCUT2D eigenvalue weighted by Gasteiger charge is -2.47. The van der Waals surface area contributed by atoms with Crippen LogP contribution in [0.25, 0.3) is 11.1 Å². The van der Waals surface area contributed by atoms with Crippen molar-refractivity contribution in [3.63, 3.8) is 0 Å². The first-order valence-corrected chi connectivity index (χ1v) is 19.3. The summed E-state index contributed by atoms with van der Waals surface area (Å²) in [6, 6.07) is 14.3. The average Bonchev–Trinajstić information content (AvgIpc) is 3.24. The van der Waals surface area contributed by atoms with Gasteiger partial charge in [0.05, 0.1) is 17.7 Å². The number of β-amino-alcohol motifs (C(OH)–C–C–N with tert-alkyl or cyclic N) is 1. The summed E-state index contributed by atoms with van der Waals surface area (Å²) in [7, 11) is -5.15. The number of benzene rings is 3. The summed E-state index contributed by atoms with van der Waals surface area (Å²) in [5, 5.41) is 10.4. The molecule has 0 saturated carbocycles. The van der Waals surface area contributed by atoms with E-state index in [1.807, 2.05) is 75.9 Å². The Morgan fingerprint density at radius 3 is 1.60 bits per heavy atom. The van der Waals surface area contributed by atoms with Gasteiger partial charge in [0.15, 0.2) is 0 Å². The number of aliphatic hydroxyl groups excluding tert-OH is 1. The van der Waals surface area contributed by atoms with Gasteiger partial charge in [-0.05, 0) is 62.6 Å². The van der Waals surface area contributed by atoms with Crippen LogP contribution in [0, 0.1) is 0 Å². The quantitative estimate of drug-likeness (QED) is 0.307. The lowest BCUT2D eigenvalue weighted by Crippen LogP contribution is -2.49. The Labute approximate surface area is 291 Å². The Bertz CT molecular complexity index is 2170. The third-order valence-electron chi connectivity index (χ3n) is 10.6. The van der Waals surface area contributed by atoms with Crippen LogP contribution in [0.2, 0.25) is 0 Å². The Kier molecular flexibility index (Phi) is 7.46. The van der Waals surface area contributed by atoms with Crippen LogP contribution >= 0.6 is 0 Å². The molecule has 4 aliphatic heterocycles. The standard InChI is InChI=1S/C36H39N3O9S2/c1-34(2)17-21(19-49(42,43)44)24-13-27-31(15-29(24)37(34)5)48-32-16-30-25(22(20-50(45,46)47)18-35(3,4)38(30)6)14-28(32)36(27)26-10-8-7-9-23(26)33(41)39(36)11-12-40/h7-10,13-18,40H,11-12,19-20H2,1-6H3,(H,42,43,44)(H,45,46,47). The molecule has 264 valence electrons. The van der Waals surface area contributed by atoms with E-state index in [9.17, 15) is 35.8 Å². The average molecular weight is 722 g/mol. The maximum atomic E-state index is 14.3. The second kappa shape index (κ2) is 10.9. The van der Waals surface area contributed by atoms with Gasteiger partial charge in [-0.25, -0.2) is 0 Å². The molecule has 0 atom stereocenters. The highest BCUT2D eigenvalue weighted by Crippen LogP contribution is 2.60. The molecule has 0 fully saturated rings. The molecule has 14 heteroatoms. The fourth-order valence-electron chi connectivity index (χ4n) is 8.04. The number of fused-ring (bicyclic) bond motifs is 8. The van der Waals surface area contributed by atoms with Crippen molar-refractivity contribution < 1.29 is 40.6 Å². The zero-order valence-electron chi connectivity index (χ0n) is 28.6. The van der Waals surface area contributed by atoms with E-state index in [-0.39, 0.29) is 19.1 Å². The van der Waals surface area contributed by atoms with E-state index in [2.05, 4.69) is 0 Å². The summed E-state index contributed by atoms with van der Waals surface area (Å²) in [5.74, 6) is -0.842. The molecular formula is C36H39N3O9S2. The molecule has 0 saturated heterocycles. The van der Waals surface area contributed by atoms with Crippen LogP contribution in [0.4, 0.5) is 11.4 Å². The number of likely N-dealkylation sites (N-methyl/N-ethyl adjacent to an activating group) is 2. The van der Waals surface area contributed by atoms with Crippen LogP contribution in [0.15, 0.2) is 60.7 Å². The number of anilines is 2. The summed E-state index contributed by atoms with van der Waals surface area (Å²) in [4.78, 5) is 19.9. The van der Waals surface area contributed by atoms with Gasteiger partial charge in [0.2, 0.25) is 0 Å². The molecule has 0 bridgehead atoms. The highest BCUT2D eigenvalue weighted by atomic mass is 32.2. The van der Waals surface area contributed by atoms with Crippen molar-refractivity contribution in [3.8, 4) is 11.5 Å². The topological polar surface area (TPSA) is 165 Å². The number of aliphatic hydroxyl groups is 1. The van der Waals surface area contributed by atoms with Crippen molar-refractivity contribution in [3.05, 3.63) is 94.1 Å². The Morgan fingerprint density at radius 2 is 1.16 bits per heavy atom. The van der Waals surface area contributed by atoms with Crippen molar-refractivity contribution in [2.45, 2.75) is 44.3 Å². The molecule has 12 nitrogen and oxygen atoms in total. The summed E-state index contributed by atoms with van der Waals surface area (Å²) < 4.78 is 76.0. The second-order valence-electron chi connectivity index (χ2n) is 14.5. The molecule has 0 unspecified atom stereocenters. The van der Waals surface area contributed by atoms with Gasteiger partial charge in [0.25, 0.3) is 26.1 Å². The summed E-state index contributed by atoms with van der Waals surface area (Å²) in [6.45, 7) is 7.24. The number of carbonyl (C=O) groups excluding carboxylic acids is 1. The van der Waals surface area contributed by atoms with E-state index in [0.717, 1.165) is 0 Å². The van der Waals surface area contributed by atoms with Crippen molar-refractivity contribution >= 4 is 48.7 Å². The number of rotatable bonds is 6. The summed E-state index contributed by atoms with van der Waals surface area (Å²) in [6.07, 6.45) is 3.58. The first kappa shape index (κ1) is 34.2. The highest BCUT2D eigenvalue weighted by Gasteiger charge is 2.57. The molecule has 50 heavy (non-hydrogen) atoms. The number of carbonyl (C=O) groups is 1. The first-order valence-electron chi connectivity index (χ1n) is 16.1. The smallest absolute Gasteiger partial charge is 0.269 e. The van der Waals surface area contributed by atoms with E-state index in [0.29, 0.717) is 67.4 Å². The van der Waals surface area contributed by atoms with E-state index in [1.165, 1.54) is 0 Å². The van der Waals surface area contributed by atoms with Crippen LogP contribution in [-0.2, 0) is 25.8 Å². The van der Waals surface area contributed by atoms with Gasteiger partial charge in [-0.2, -0.15) is 16.8 Å². The molecule has 0 radical (unpaired) electrons. The molecule has 3 N–H and O–H groups in total. The van der Waals surface area contributed by atoms with Crippen molar-refractivity contribution in [2.24, 2.45) is 0 Å². The van der Waals surface area contributed by atoms with Crippen molar-refractivity contribution in [1.29, 1.82) is 0 Å². The fourth-order valence-corrected chi connectivity index (χ4v) is 9.30. The van der Waals surface area contributed by atoms with Gasteiger partial charge in [-0.1, -0.05) is 30.4 Å². The van der Waals surface area contributed by atoms with Crippen LogP contribution in [0.3, 0.4) is 0 Å². The molecule has 0 aliphatic carbocycles. The minimum Gasteiger partial charge on any atom is -0.456 e. The highest BCUT2D eigenvalue weighted by molar-refractivity contribution is 7.86. The van der Waals surface area contributed by atoms with E-state index in [1.54, 1.807) is 41.3 Å². The predicted octanol–water partition coefficient (Wildman–Crippen LogP) is 4.53. The zero-order valence-corrected chi connectivity index (χ0v) is 30.2. The zero-order chi connectivity index (χ0) is 36.3. The second-order valence-corrected chi connectivity index (χ2v) is 17.4. The molecule has 0 aromatic heterocycles. The number of hydrogen-bond acceptors (Lipinski definition) is 9. The predicted molar refractivity (Wildman–Crippen MR) is 191 cm³/mol. The van der Waals surface area contributed by atoms with Crippen LogP contribution in [0.5, 0.6) is 11.5 Å². The third-order valence-corrected chi connectivity index (χ3v) is 11.9. The van der Waals surface area contributed by atoms with Crippen LogP contribution in [0.1, 0.15) is 65.9 Å². The van der Waals surface area contributed by atoms with Gasteiger partial charge >= 0.3 is 0 Å². The molecular weight excluding hydrogens is 683 g/mol. The first-order chi connectivity index (χ1) is 23.2. The maximum absolute atomic E-state index is 14.3. The minimum absolute atomic E-state index is 0.0815. The number of hydrogen-bond donors (Lipinski definition) is 3. The molecule has 1 spiro atoms. The van der Waals surface area contributed by atoms with Crippen LogP contribution in [-0.4, -0.2) is 91.7 Å². The third kappa shape index (κ3) is 5.07. The Balaban J connectivity index is 1.61. The lowest BCUT2D eigenvalue weighted by molar-refractivity contribution is 0.0615. The Morgan fingerprint density at radius 1 is 0.700 bits per heavy atom. The minimum atomic E-state index is -4.45. The van der Waals surface area contributed by atoms with Gasteiger partial charge < -0.3 is 24.5 Å². The lowest BCUT2D eigenvalue weighted by atomic mass is 9.72. The molecule has 7 rings (SSSR count). The van der Waals surface area contributed by atoms with Gasteiger partial charge in [0, 0.05) is 72.0 Å². The Hall–Kier alpha value is -4.21. The molecule has 4 aliphatic rings. The monoisotopic (exact) mass is 721 g/mol. The van der Waals surface area contributed by atoms with Crippen molar-refractivity contribution in [2.75, 3.05) is 48.6 Å². The van der Waals surface area contributed by atoms with Crippen molar-refractivity contribution in [1.82, 2.24) is 4.90 Å². The molecule has 3 aromatic rings. The summed E-state index contributed by atoms with van der Waals surface area (Å²) >= 11 is 0. The normalized spacial score (nSPS) is 19.5. The number of nitrogens with zero attached hydrogens (tertiary/aromatic N) is 3. The van der Waals surface area contributed by atoms with Gasteiger partial charge in [0.1, 0.15) is 28.5 Å². The molecule has 3 aromatic carbocycles. The van der Waals surface area contributed by atoms with E-state index in [4.69, 9.17) is 4.74 Å².